The number of esters is 1. The number of methoxy groups -OCH3 is 1. The number of likely N-dealkylation sites (tertiary alicyclic amines) is 1. The average molecular weight is 253 g/mol. The molecule has 3 atom stereocenters. The zero-order valence-electron chi connectivity index (χ0n) is 11.9. The summed E-state index contributed by atoms with van der Waals surface area (Å²) in [4.78, 5) is 14.4. The molecule has 2 fully saturated rings. The number of unbranched alkanes of at least 4 members (excludes halogenated alkanes) is 1. The first-order chi connectivity index (χ1) is 8.74. The predicted octanol–water partition coefficient (Wildman–Crippen LogP) is 2.84. The lowest BCUT2D eigenvalue weighted by atomic mass is 9.77. The van der Waals surface area contributed by atoms with Crippen molar-refractivity contribution in [2.24, 2.45) is 11.8 Å². The molecule has 104 valence electrons. The summed E-state index contributed by atoms with van der Waals surface area (Å²) < 4.78 is 5.00. The minimum Gasteiger partial charge on any atom is -0.468 e. The van der Waals surface area contributed by atoms with Gasteiger partial charge in [0.05, 0.1) is 7.11 Å². The zero-order chi connectivity index (χ0) is 13.0. The molecule has 18 heavy (non-hydrogen) atoms. The zero-order valence-corrected chi connectivity index (χ0v) is 11.9. The van der Waals surface area contributed by atoms with Crippen molar-refractivity contribution in [1.29, 1.82) is 0 Å². The summed E-state index contributed by atoms with van der Waals surface area (Å²) in [7, 11) is 1.52. The third-order valence-corrected chi connectivity index (χ3v) is 4.62. The van der Waals surface area contributed by atoms with Gasteiger partial charge in [-0.2, -0.15) is 0 Å². The quantitative estimate of drug-likeness (QED) is 0.706. The largest absolute Gasteiger partial charge is 0.468 e. The lowest BCUT2D eigenvalue weighted by molar-refractivity contribution is -0.149. The summed E-state index contributed by atoms with van der Waals surface area (Å²) in [5.41, 5.74) is 0. The standard InChI is InChI=1S/C15H27NO2/c1-3-4-8-14(15(17)18-2)16-10-12-6-5-7-13(9-12)11-16/h12-14H,3-11H2,1-2H3. The number of ether oxygens (including phenoxy) is 1. The van der Waals surface area contributed by atoms with Gasteiger partial charge in [-0.15, -0.1) is 0 Å². The van der Waals surface area contributed by atoms with Crippen molar-refractivity contribution in [2.75, 3.05) is 20.2 Å². The summed E-state index contributed by atoms with van der Waals surface area (Å²) >= 11 is 0. The number of rotatable bonds is 5. The van der Waals surface area contributed by atoms with Crippen LogP contribution < -0.4 is 0 Å². The van der Waals surface area contributed by atoms with Crippen LogP contribution in [0.1, 0.15) is 51.9 Å². The molecular formula is C15H27NO2. The molecule has 2 bridgehead atoms. The molecule has 3 unspecified atom stereocenters. The van der Waals surface area contributed by atoms with E-state index in [2.05, 4.69) is 11.8 Å². The van der Waals surface area contributed by atoms with E-state index in [9.17, 15) is 4.79 Å². The fraction of sp³-hybridized carbons (Fsp3) is 0.933. The smallest absolute Gasteiger partial charge is 0.323 e. The maximum Gasteiger partial charge on any atom is 0.323 e. The number of nitrogens with zero attached hydrogens (tertiary/aromatic N) is 1. The third kappa shape index (κ3) is 3.25. The second-order valence-corrected chi connectivity index (χ2v) is 6.03. The molecule has 0 spiro atoms. The molecule has 1 heterocycles. The highest BCUT2D eigenvalue weighted by atomic mass is 16.5. The summed E-state index contributed by atoms with van der Waals surface area (Å²) in [5, 5.41) is 0. The molecule has 2 rings (SSSR count). The number of hydrogen-bond acceptors (Lipinski definition) is 3. The van der Waals surface area contributed by atoms with E-state index in [-0.39, 0.29) is 12.0 Å². The van der Waals surface area contributed by atoms with Crippen LogP contribution in [0.15, 0.2) is 0 Å². The summed E-state index contributed by atoms with van der Waals surface area (Å²) in [5.74, 6) is 1.63. The molecule has 0 amide bonds. The van der Waals surface area contributed by atoms with Gasteiger partial charge in [0, 0.05) is 13.1 Å². The second-order valence-electron chi connectivity index (χ2n) is 6.03. The molecule has 0 aromatic rings. The van der Waals surface area contributed by atoms with Crippen molar-refractivity contribution in [3.05, 3.63) is 0 Å². The number of piperidine rings is 1. The van der Waals surface area contributed by atoms with Gasteiger partial charge >= 0.3 is 5.97 Å². The van der Waals surface area contributed by atoms with Crippen molar-refractivity contribution >= 4 is 5.97 Å². The van der Waals surface area contributed by atoms with E-state index >= 15 is 0 Å². The van der Waals surface area contributed by atoms with Crippen molar-refractivity contribution in [3.8, 4) is 0 Å². The van der Waals surface area contributed by atoms with Gasteiger partial charge in [0.15, 0.2) is 0 Å². The number of carbonyl (C=O) groups excluding carboxylic acids is 1. The fourth-order valence-electron chi connectivity index (χ4n) is 3.71. The molecule has 1 aliphatic carbocycles. The Morgan fingerprint density at radius 1 is 1.33 bits per heavy atom. The predicted molar refractivity (Wildman–Crippen MR) is 72.4 cm³/mol. The molecule has 0 aromatic carbocycles. The van der Waals surface area contributed by atoms with E-state index in [1.165, 1.54) is 32.8 Å². The first-order valence-corrected chi connectivity index (χ1v) is 7.56. The highest BCUT2D eigenvalue weighted by Crippen LogP contribution is 2.35. The van der Waals surface area contributed by atoms with Crippen molar-refractivity contribution < 1.29 is 9.53 Å². The average Bonchev–Trinajstić information content (AvgIpc) is 2.38. The monoisotopic (exact) mass is 253 g/mol. The Balaban J connectivity index is 1.98. The van der Waals surface area contributed by atoms with Gasteiger partial charge in [0.25, 0.3) is 0 Å². The minimum atomic E-state index is -0.0246. The van der Waals surface area contributed by atoms with Crippen LogP contribution in [0.5, 0.6) is 0 Å². The highest BCUT2D eigenvalue weighted by Gasteiger charge is 2.36. The number of fused-ring (bicyclic) bond motifs is 2. The molecule has 1 aliphatic heterocycles. The molecule has 1 saturated carbocycles. The lowest BCUT2D eigenvalue weighted by Gasteiger charge is -2.44. The Hall–Kier alpha value is -0.570. The van der Waals surface area contributed by atoms with E-state index in [1.54, 1.807) is 0 Å². The number of hydrogen-bond donors (Lipinski definition) is 0. The Morgan fingerprint density at radius 2 is 2.00 bits per heavy atom. The molecule has 3 heteroatoms. The van der Waals surface area contributed by atoms with Gasteiger partial charge in [-0.05, 0) is 37.5 Å². The maximum atomic E-state index is 12.0. The summed E-state index contributed by atoms with van der Waals surface area (Å²) in [6, 6.07) is 0.0124. The number of carbonyl (C=O) groups is 1. The van der Waals surface area contributed by atoms with Crippen LogP contribution in [0.4, 0.5) is 0 Å². The molecule has 1 saturated heterocycles. The fourth-order valence-corrected chi connectivity index (χ4v) is 3.71. The third-order valence-electron chi connectivity index (χ3n) is 4.62. The summed E-state index contributed by atoms with van der Waals surface area (Å²) in [6.45, 7) is 4.40. The Kier molecular flexibility index (Phi) is 5.04. The van der Waals surface area contributed by atoms with Gasteiger partial charge in [-0.3, -0.25) is 9.69 Å². The van der Waals surface area contributed by atoms with Crippen LogP contribution in [0.25, 0.3) is 0 Å². The van der Waals surface area contributed by atoms with Crippen LogP contribution in [-0.2, 0) is 9.53 Å². The van der Waals surface area contributed by atoms with Gasteiger partial charge in [0.2, 0.25) is 0 Å². The summed E-state index contributed by atoms with van der Waals surface area (Å²) in [6.07, 6.45) is 8.71. The van der Waals surface area contributed by atoms with Gasteiger partial charge < -0.3 is 4.74 Å². The first kappa shape index (κ1) is 13.9. The van der Waals surface area contributed by atoms with E-state index < -0.39 is 0 Å². The van der Waals surface area contributed by atoms with Gasteiger partial charge in [-0.1, -0.05) is 26.2 Å². The molecule has 0 N–H and O–H groups in total. The SMILES string of the molecule is CCCCC(C(=O)OC)N1CC2CCCC(C2)C1. The molecule has 0 radical (unpaired) electrons. The van der Waals surface area contributed by atoms with Crippen LogP contribution in [-0.4, -0.2) is 37.1 Å². The van der Waals surface area contributed by atoms with E-state index in [4.69, 9.17) is 4.74 Å². The van der Waals surface area contributed by atoms with E-state index in [1.807, 2.05) is 0 Å². The minimum absolute atomic E-state index is 0.0124. The van der Waals surface area contributed by atoms with Gasteiger partial charge in [-0.25, -0.2) is 0 Å². The van der Waals surface area contributed by atoms with Crippen LogP contribution in [0, 0.1) is 11.8 Å². The maximum absolute atomic E-state index is 12.0. The Labute approximate surface area is 111 Å². The van der Waals surface area contributed by atoms with Crippen LogP contribution >= 0.6 is 0 Å². The van der Waals surface area contributed by atoms with Gasteiger partial charge in [0.1, 0.15) is 6.04 Å². The molecule has 2 aliphatic rings. The van der Waals surface area contributed by atoms with E-state index in [0.717, 1.165) is 44.2 Å². The topological polar surface area (TPSA) is 29.5 Å². The van der Waals surface area contributed by atoms with Crippen LogP contribution in [0.3, 0.4) is 0 Å². The normalized spacial score (nSPS) is 29.9. The first-order valence-electron chi connectivity index (χ1n) is 7.56. The molecular weight excluding hydrogens is 226 g/mol. The van der Waals surface area contributed by atoms with Crippen molar-refractivity contribution in [3.63, 3.8) is 0 Å². The Morgan fingerprint density at radius 3 is 2.56 bits per heavy atom. The van der Waals surface area contributed by atoms with Crippen molar-refractivity contribution in [2.45, 2.75) is 57.9 Å². The molecule has 3 nitrogen and oxygen atoms in total. The molecule has 0 aromatic heterocycles. The Bertz CT molecular complexity index is 268. The van der Waals surface area contributed by atoms with E-state index in [0.29, 0.717) is 0 Å². The highest BCUT2D eigenvalue weighted by molar-refractivity contribution is 5.75. The van der Waals surface area contributed by atoms with Crippen LogP contribution in [0.2, 0.25) is 0 Å². The van der Waals surface area contributed by atoms with Crippen molar-refractivity contribution in [1.82, 2.24) is 4.90 Å². The second kappa shape index (κ2) is 6.55. The lowest BCUT2D eigenvalue weighted by Crippen LogP contribution is -2.51.